The lowest BCUT2D eigenvalue weighted by Gasteiger charge is -2.40. The molecule has 1 saturated heterocycles. The van der Waals surface area contributed by atoms with Gasteiger partial charge < -0.3 is 19.7 Å². The Kier molecular flexibility index (Phi) is 4.94. The minimum atomic E-state index is -1.03. The number of hydrogen-bond donors (Lipinski definition) is 2. The maximum absolute atomic E-state index is 10.3. The van der Waals surface area contributed by atoms with Crippen LogP contribution in [0, 0.1) is 0 Å². The molecular weight excluding hydrogens is 256 g/mol. The Labute approximate surface area is 119 Å². The van der Waals surface area contributed by atoms with Gasteiger partial charge in [-0.2, -0.15) is 0 Å². The van der Waals surface area contributed by atoms with E-state index in [1.165, 1.54) is 0 Å². The molecule has 0 radical (unpaired) electrons. The summed E-state index contributed by atoms with van der Waals surface area (Å²) >= 11 is 0. The lowest BCUT2D eigenvalue weighted by Crippen LogP contribution is -2.50. The second kappa shape index (κ2) is 6.50. The van der Waals surface area contributed by atoms with Crippen LogP contribution in [0.3, 0.4) is 0 Å². The second-order valence-electron chi connectivity index (χ2n) is 5.48. The van der Waals surface area contributed by atoms with Gasteiger partial charge in [0.1, 0.15) is 5.60 Å². The van der Waals surface area contributed by atoms with Crippen LogP contribution in [0.5, 0.6) is 0 Å². The molecule has 0 bridgehead atoms. The molecule has 4 heteroatoms. The minimum absolute atomic E-state index is 0.0213. The summed E-state index contributed by atoms with van der Waals surface area (Å²) in [5, 5.41) is 19.4. The van der Waals surface area contributed by atoms with E-state index in [-0.39, 0.29) is 19.3 Å². The molecule has 1 aromatic rings. The monoisotopic (exact) mass is 278 g/mol. The van der Waals surface area contributed by atoms with Crippen LogP contribution in [0.2, 0.25) is 0 Å². The van der Waals surface area contributed by atoms with Crippen LogP contribution < -0.4 is 0 Å². The van der Waals surface area contributed by atoms with Crippen LogP contribution in [-0.4, -0.2) is 35.1 Å². The van der Waals surface area contributed by atoms with Gasteiger partial charge in [-0.15, -0.1) is 0 Å². The molecular formula is C16H22O4. The van der Waals surface area contributed by atoms with E-state index >= 15 is 0 Å². The summed E-state index contributed by atoms with van der Waals surface area (Å²) in [4.78, 5) is 0. The topological polar surface area (TPSA) is 58.9 Å². The van der Waals surface area contributed by atoms with Gasteiger partial charge in [0.05, 0.1) is 19.3 Å². The van der Waals surface area contributed by atoms with Crippen molar-refractivity contribution in [3.05, 3.63) is 47.5 Å². The average Bonchev–Trinajstić information content (AvgIpc) is 2.46. The van der Waals surface area contributed by atoms with Crippen LogP contribution in [-0.2, 0) is 9.47 Å². The molecule has 1 aromatic carbocycles. The third-order valence-electron chi connectivity index (χ3n) is 3.51. The van der Waals surface area contributed by atoms with Crippen molar-refractivity contribution in [2.45, 2.75) is 38.3 Å². The summed E-state index contributed by atoms with van der Waals surface area (Å²) in [5.74, 6) is 0. The first-order chi connectivity index (χ1) is 9.53. The Morgan fingerprint density at radius 2 is 2.10 bits per heavy atom. The van der Waals surface area contributed by atoms with Crippen molar-refractivity contribution in [1.82, 2.24) is 0 Å². The normalized spacial score (nSPS) is 31.3. The van der Waals surface area contributed by atoms with Crippen molar-refractivity contribution in [3.63, 3.8) is 0 Å². The summed E-state index contributed by atoms with van der Waals surface area (Å²) in [6.45, 7) is 3.81. The zero-order valence-corrected chi connectivity index (χ0v) is 12.0. The fourth-order valence-electron chi connectivity index (χ4n) is 2.14. The van der Waals surface area contributed by atoms with Crippen molar-refractivity contribution in [2.75, 3.05) is 13.2 Å². The van der Waals surface area contributed by atoms with Gasteiger partial charge in [0, 0.05) is 5.56 Å². The van der Waals surface area contributed by atoms with Crippen molar-refractivity contribution in [1.29, 1.82) is 0 Å². The summed E-state index contributed by atoms with van der Waals surface area (Å²) < 4.78 is 11.5. The maximum Gasteiger partial charge on any atom is 0.184 e. The smallest absolute Gasteiger partial charge is 0.184 e. The Balaban J connectivity index is 2.08. The van der Waals surface area contributed by atoms with Crippen LogP contribution in [0.25, 0.3) is 0 Å². The average molecular weight is 278 g/mol. The van der Waals surface area contributed by atoms with Gasteiger partial charge in [0.15, 0.2) is 6.29 Å². The van der Waals surface area contributed by atoms with Gasteiger partial charge in [0.25, 0.3) is 0 Å². The molecule has 1 aliphatic heterocycles. The maximum atomic E-state index is 10.3. The molecule has 3 atom stereocenters. The molecule has 110 valence electrons. The van der Waals surface area contributed by atoms with Gasteiger partial charge in [-0.25, -0.2) is 0 Å². The predicted octanol–water partition coefficient (Wildman–Crippen LogP) is 2.18. The third kappa shape index (κ3) is 3.67. The fraction of sp³-hybridized carbons (Fsp3) is 0.500. The molecule has 1 fully saturated rings. The van der Waals surface area contributed by atoms with Crippen LogP contribution in [0.15, 0.2) is 42.0 Å². The quantitative estimate of drug-likeness (QED) is 0.829. The first-order valence-corrected chi connectivity index (χ1v) is 6.84. The van der Waals surface area contributed by atoms with Gasteiger partial charge in [-0.05, 0) is 20.3 Å². The molecule has 0 spiro atoms. The molecule has 2 N–H and O–H groups in total. The van der Waals surface area contributed by atoms with E-state index in [0.717, 1.165) is 11.1 Å². The van der Waals surface area contributed by atoms with Gasteiger partial charge in [-0.1, -0.05) is 42.0 Å². The van der Waals surface area contributed by atoms with Crippen molar-refractivity contribution >= 4 is 0 Å². The Morgan fingerprint density at radius 3 is 2.75 bits per heavy atom. The number of aliphatic hydroxyl groups is 2. The highest BCUT2D eigenvalue weighted by Gasteiger charge is 2.40. The highest BCUT2D eigenvalue weighted by atomic mass is 16.7. The van der Waals surface area contributed by atoms with Crippen molar-refractivity contribution in [2.24, 2.45) is 0 Å². The molecule has 1 aliphatic rings. The van der Waals surface area contributed by atoms with E-state index in [1.54, 1.807) is 6.92 Å². The number of hydrogen-bond acceptors (Lipinski definition) is 4. The summed E-state index contributed by atoms with van der Waals surface area (Å²) in [5.41, 5.74) is 0.778. The van der Waals surface area contributed by atoms with E-state index in [2.05, 4.69) is 0 Å². The first kappa shape index (κ1) is 15.2. The lowest BCUT2D eigenvalue weighted by atomic mass is 9.95. The molecule has 0 amide bonds. The van der Waals surface area contributed by atoms with Gasteiger partial charge in [-0.3, -0.25) is 0 Å². The third-order valence-corrected chi connectivity index (χ3v) is 3.51. The van der Waals surface area contributed by atoms with Gasteiger partial charge >= 0.3 is 0 Å². The zero-order chi connectivity index (χ0) is 14.6. The second-order valence-corrected chi connectivity index (χ2v) is 5.48. The fourth-order valence-corrected chi connectivity index (χ4v) is 2.14. The van der Waals surface area contributed by atoms with Crippen LogP contribution >= 0.6 is 0 Å². The van der Waals surface area contributed by atoms with Crippen molar-refractivity contribution < 1.29 is 19.7 Å². The van der Waals surface area contributed by atoms with E-state index in [9.17, 15) is 5.11 Å². The Morgan fingerprint density at radius 1 is 1.40 bits per heavy atom. The Bertz CT molecular complexity index is 453. The van der Waals surface area contributed by atoms with Gasteiger partial charge in [0.2, 0.25) is 0 Å². The number of benzene rings is 1. The molecule has 2 rings (SSSR count). The highest BCUT2D eigenvalue weighted by Crippen LogP contribution is 2.33. The van der Waals surface area contributed by atoms with Crippen LogP contribution in [0.1, 0.15) is 32.1 Å². The molecule has 0 aliphatic carbocycles. The molecule has 1 heterocycles. The van der Waals surface area contributed by atoms with Crippen LogP contribution in [0.4, 0.5) is 0 Å². The number of aliphatic hydroxyl groups excluding tert-OH is 1. The predicted molar refractivity (Wildman–Crippen MR) is 76.1 cm³/mol. The number of ether oxygens (including phenoxy) is 2. The largest absolute Gasteiger partial charge is 0.392 e. The molecule has 4 nitrogen and oxygen atoms in total. The molecule has 0 unspecified atom stereocenters. The van der Waals surface area contributed by atoms with E-state index in [1.807, 2.05) is 43.3 Å². The summed E-state index contributed by atoms with van der Waals surface area (Å²) in [6, 6.07) is 9.68. The zero-order valence-electron chi connectivity index (χ0n) is 12.0. The summed E-state index contributed by atoms with van der Waals surface area (Å²) in [7, 11) is 0. The van der Waals surface area contributed by atoms with Crippen molar-refractivity contribution in [3.8, 4) is 0 Å². The summed E-state index contributed by atoms with van der Waals surface area (Å²) in [6.07, 6.45) is 1.63. The molecule has 0 saturated carbocycles. The molecule has 0 aromatic heterocycles. The van der Waals surface area contributed by atoms with E-state index in [4.69, 9.17) is 14.6 Å². The van der Waals surface area contributed by atoms with E-state index in [0.29, 0.717) is 6.42 Å². The minimum Gasteiger partial charge on any atom is -0.392 e. The SMILES string of the molecule is C/C(=C\C[C@@H]1O[C@H](c2ccccc2)OC[C@@]1(C)O)CO. The lowest BCUT2D eigenvalue weighted by molar-refractivity contribution is -0.287. The molecule has 20 heavy (non-hydrogen) atoms. The standard InChI is InChI=1S/C16H22O4/c1-12(10-17)8-9-14-16(2,18)11-19-15(20-14)13-6-4-3-5-7-13/h3-8,14-15,17-18H,9-11H2,1-2H3/b12-8+/t14-,15+,16+/m0/s1. The number of rotatable bonds is 4. The Hall–Kier alpha value is -1.20. The first-order valence-electron chi connectivity index (χ1n) is 6.84. The highest BCUT2D eigenvalue weighted by molar-refractivity contribution is 5.16. The van der Waals surface area contributed by atoms with E-state index < -0.39 is 11.9 Å².